The van der Waals surface area contributed by atoms with Crippen LogP contribution in [0.3, 0.4) is 0 Å². The van der Waals surface area contributed by atoms with E-state index in [4.69, 9.17) is 9.47 Å². The minimum atomic E-state index is -0.558. The van der Waals surface area contributed by atoms with Gasteiger partial charge >= 0.3 is 5.97 Å². The maximum atomic E-state index is 12.6. The molecule has 1 unspecified atom stereocenters. The number of rotatable bonds is 5. The summed E-state index contributed by atoms with van der Waals surface area (Å²) in [5.41, 5.74) is 2.36. The van der Waals surface area contributed by atoms with E-state index < -0.39 is 5.97 Å². The van der Waals surface area contributed by atoms with Gasteiger partial charge in [-0.25, -0.2) is 4.79 Å². The molecule has 1 amide bonds. The number of carbonyl (C=O) groups is 2. The van der Waals surface area contributed by atoms with Gasteiger partial charge in [0.15, 0.2) is 6.61 Å². The number of para-hydroxylation sites is 2. The number of hydrogen-bond donors (Lipinski definition) is 0. The molecule has 2 aromatic rings. The highest BCUT2D eigenvalue weighted by atomic mass is 16.5. The number of anilines is 1. The molecule has 0 saturated carbocycles. The largest absolute Gasteiger partial charge is 0.493 e. The van der Waals surface area contributed by atoms with Gasteiger partial charge in [0.05, 0.1) is 6.61 Å². The molecule has 0 aliphatic carbocycles. The molecule has 1 atom stereocenters. The van der Waals surface area contributed by atoms with E-state index >= 15 is 0 Å². The number of amides is 1. The van der Waals surface area contributed by atoms with Gasteiger partial charge in [-0.3, -0.25) is 4.79 Å². The normalized spacial score (nSPS) is 15.6. The zero-order chi connectivity index (χ0) is 17.8. The van der Waals surface area contributed by atoms with Crippen molar-refractivity contribution in [3.05, 3.63) is 59.7 Å². The Morgan fingerprint density at radius 1 is 1.12 bits per heavy atom. The fourth-order valence-electron chi connectivity index (χ4n) is 3.14. The van der Waals surface area contributed by atoms with Crippen LogP contribution in [0.5, 0.6) is 5.75 Å². The van der Waals surface area contributed by atoms with Gasteiger partial charge in [0, 0.05) is 11.7 Å². The van der Waals surface area contributed by atoms with E-state index in [0.717, 1.165) is 17.7 Å². The quantitative estimate of drug-likeness (QED) is 0.785. The number of hydrogen-bond acceptors (Lipinski definition) is 4. The summed E-state index contributed by atoms with van der Waals surface area (Å²) in [4.78, 5) is 26.6. The topological polar surface area (TPSA) is 55.8 Å². The van der Waals surface area contributed by atoms with E-state index in [-0.39, 0.29) is 18.6 Å². The third-order valence-corrected chi connectivity index (χ3v) is 4.21. The molecule has 1 aliphatic rings. The molecule has 25 heavy (non-hydrogen) atoms. The lowest BCUT2D eigenvalue weighted by Gasteiger charge is -2.22. The van der Waals surface area contributed by atoms with Crippen LogP contribution in [-0.4, -0.2) is 31.1 Å². The molecular weight excluding hydrogens is 318 g/mol. The van der Waals surface area contributed by atoms with Crippen LogP contribution in [0.1, 0.15) is 29.8 Å². The van der Waals surface area contributed by atoms with Gasteiger partial charge in [-0.05, 0) is 44.0 Å². The first-order chi connectivity index (χ1) is 12.1. The summed E-state index contributed by atoms with van der Waals surface area (Å²) >= 11 is 0. The first-order valence-electron chi connectivity index (χ1n) is 8.40. The Morgan fingerprint density at radius 2 is 1.84 bits per heavy atom. The highest BCUT2D eigenvalue weighted by molar-refractivity contribution is 5.99. The van der Waals surface area contributed by atoms with E-state index in [9.17, 15) is 9.59 Å². The van der Waals surface area contributed by atoms with Crippen LogP contribution >= 0.6 is 0 Å². The summed E-state index contributed by atoms with van der Waals surface area (Å²) in [5.74, 6) is -0.320. The molecule has 1 heterocycles. The van der Waals surface area contributed by atoms with E-state index in [1.165, 1.54) is 0 Å². The second-order valence-electron chi connectivity index (χ2n) is 5.95. The van der Waals surface area contributed by atoms with Gasteiger partial charge in [0.1, 0.15) is 11.3 Å². The lowest BCUT2D eigenvalue weighted by Crippen LogP contribution is -2.38. The zero-order valence-corrected chi connectivity index (χ0v) is 14.4. The number of ether oxygens (including phenoxy) is 2. The van der Waals surface area contributed by atoms with Crippen molar-refractivity contribution in [3.63, 3.8) is 0 Å². The SMILES string of the molecule is CCOc1ccccc1C(=O)OCC(=O)N1c2ccccc2CC1C. The average molecular weight is 339 g/mol. The van der Waals surface area contributed by atoms with Gasteiger partial charge in [0.2, 0.25) is 0 Å². The summed E-state index contributed by atoms with van der Waals surface area (Å²) in [6.45, 7) is 3.99. The Hall–Kier alpha value is -2.82. The summed E-state index contributed by atoms with van der Waals surface area (Å²) in [5, 5.41) is 0. The number of fused-ring (bicyclic) bond motifs is 1. The predicted molar refractivity (Wildman–Crippen MR) is 95.0 cm³/mol. The molecule has 1 aliphatic heterocycles. The summed E-state index contributed by atoms with van der Waals surface area (Å²) in [7, 11) is 0. The Kier molecular flexibility index (Phi) is 5.03. The van der Waals surface area contributed by atoms with Gasteiger partial charge in [-0.15, -0.1) is 0 Å². The first kappa shape index (κ1) is 17.0. The van der Waals surface area contributed by atoms with Crippen molar-refractivity contribution in [2.45, 2.75) is 26.3 Å². The van der Waals surface area contributed by atoms with E-state index in [0.29, 0.717) is 17.9 Å². The molecule has 0 fully saturated rings. The molecule has 0 N–H and O–H groups in total. The monoisotopic (exact) mass is 339 g/mol. The van der Waals surface area contributed by atoms with Gasteiger partial charge < -0.3 is 14.4 Å². The molecule has 0 saturated heterocycles. The molecule has 0 radical (unpaired) electrons. The van der Waals surface area contributed by atoms with Crippen molar-refractivity contribution >= 4 is 17.6 Å². The van der Waals surface area contributed by atoms with Crippen molar-refractivity contribution < 1.29 is 19.1 Å². The van der Waals surface area contributed by atoms with Crippen LogP contribution in [0.4, 0.5) is 5.69 Å². The van der Waals surface area contributed by atoms with Crippen LogP contribution < -0.4 is 9.64 Å². The molecule has 5 heteroatoms. The lowest BCUT2D eigenvalue weighted by atomic mass is 10.1. The second-order valence-corrected chi connectivity index (χ2v) is 5.95. The number of benzene rings is 2. The number of esters is 1. The third-order valence-electron chi connectivity index (χ3n) is 4.21. The maximum Gasteiger partial charge on any atom is 0.342 e. The predicted octanol–water partition coefficient (Wildman–Crippen LogP) is 3.22. The van der Waals surface area contributed by atoms with Crippen molar-refractivity contribution in [2.24, 2.45) is 0 Å². The second kappa shape index (κ2) is 7.38. The lowest BCUT2D eigenvalue weighted by molar-refractivity contribution is -0.122. The van der Waals surface area contributed by atoms with Gasteiger partial charge in [-0.1, -0.05) is 30.3 Å². The Balaban J connectivity index is 1.68. The highest BCUT2D eigenvalue weighted by Crippen LogP contribution is 2.31. The van der Waals surface area contributed by atoms with Crippen LogP contribution in [0.25, 0.3) is 0 Å². The zero-order valence-electron chi connectivity index (χ0n) is 14.4. The van der Waals surface area contributed by atoms with Crippen LogP contribution in [0, 0.1) is 0 Å². The highest BCUT2D eigenvalue weighted by Gasteiger charge is 2.31. The van der Waals surface area contributed by atoms with Crippen molar-refractivity contribution in [1.82, 2.24) is 0 Å². The maximum absolute atomic E-state index is 12.6. The summed E-state index contributed by atoms with van der Waals surface area (Å²) in [6.07, 6.45) is 0.809. The van der Waals surface area contributed by atoms with Crippen molar-refractivity contribution in [2.75, 3.05) is 18.1 Å². The van der Waals surface area contributed by atoms with Crippen molar-refractivity contribution in [3.8, 4) is 5.75 Å². The molecule has 130 valence electrons. The Morgan fingerprint density at radius 3 is 2.64 bits per heavy atom. The smallest absolute Gasteiger partial charge is 0.342 e. The van der Waals surface area contributed by atoms with Crippen LogP contribution in [0.15, 0.2) is 48.5 Å². The minimum Gasteiger partial charge on any atom is -0.493 e. The van der Waals surface area contributed by atoms with Crippen LogP contribution in [-0.2, 0) is 16.0 Å². The molecule has 0 bridgehead atoms. The van der Waals surface area contributed by atoms with E-state index in [1.54, 1.807) is 29.2 Å². The molecule has 3 rings (SSSR count). The fraction of sp³-hybridized carbons (Fsp3) is 0.300. The summed E-state index contributed by atoms with van der Waals surface area (Å²) < 4.78 is 10.7. The third kappa shape index (κ3) is 3.50. The standard InChI is InChI=1S/C20H21NO4/c1-3-24-18-11-7-5-9-16(18)20(23)25-13-19(22)21-14(2)12-15-8-4-6-10-17(15)21/h4-11,14H,3,12-13H2,1-2H3. The molecule has 0 spiro atoms. The molecule has 5 nitrogen and oxygen atoms in total. The molecule has 0 aromatic heterocycles. The van der Waals surface area contributed by atoms with E-state index in [2.05, 4.69) is 0 Å². The van der Waals surface area contributed by atoms with Gasteiger partial charge in [0.25, 0.3) is 5.91 Å². The first-order valence-corrected chi connectivity index (χ1v) is 8.40. The fourth-order valence-corrected chi connectivity index (χ4v) is 3.14. The number of nitrogens with zero attached hydrogens (tertiary/aromatic N) is 1. The Bertz CT molecular complexity index is 787. The summed E-state index contributed by atoms with van der Waals surface area (Å²) in [6, 6.07) is 14.7. The molecular formula is C20H21NO4. The number of carbonyl (C=O) groups excluding carboxylic acids is 2. The Labute approximate surface area is 147 Å². The van der Waals surface area contributed by atoms with Gasteiger partial charge in [-0.2, -0.15) is 0 Å². The average Bonchev–Trinajstić information content (AvgIpc) is 2.96. The van der Waals surface area contributed by atoms with E-state index in [1.807, 2.05) is 38.1 Å². The molecule has 2 aromatic carbocycles. The van der Waals surface area contributed by atoms with Crippen LogP contribution in [0.2, 0.25) is 0 Å². The van der Waals surface area contributed by atoms with Crippen molar-refractivity contribution in [1.29, 1.82) is 0 Å². The minimum absolute atomic E-state index is 0.0549.